The largest absolute Gasteiger partial charge is 0.342 e. The van der Waals surface area contributed by atoms with E-state index < -0.39 is 0 Å². The summed E-state index contributed by atoms with van der Waals surface area (Å²) in [6.07, 6.45) is 2.05. The lowest BCUT2D eigenvalue weighted by Gasteiger charge is -2.04. The fraction of sp³-hybridized carbons (Fsp3) is 0.263. The van der Waals surface area contributed by atoms with Gasteiger partial charge in [0.25, 0.3) is 0 Å². The number of halogens is 1. The Labute approximate surface area is 145 Å². The maximum atomic E-state index is 6.10. The zero-order valence-corrected chi connectivity index (χ0v) is 14.8. The number of aromatic amines is 1. The van der Waals surface area contributed by atoms with E-state index in [0.717, 1.165) is 57.7 Å². The van der Waals surface area contributed by atoms with Crippen LogP contribution in [0.5, 0.6) is 0 Å². The summed E-state index contributed by atoms with van der Waals surface area (Å²) in [7, 11) is 2.04. The van der Waals surface area contributed by atoms with E-state index in [9.17, 15) is 0 Å². The lowest BCUT2D eigenvalue weighted by molar-refractivity contribution is 0.861. The fourth-order valence-electron chi connectivity index (χ4n) is 3.26. The number of hydrogen-bond acceptors (Lipinski definition) is 2. The van der Waals surface area contributed by atoms with E-state index in [-0.39, 0.29) is 0 Å². The van der Waals surface area contributed by atoms with E-state index in [4.69, 9.17) is 21.6 Å². The van der Waals surface area contributed by atoms with Gasteiger partial charge in [0.15, 0.2) is 0 Å². The van der Waals surface area contributed by atoms with Crippen molar-refractivity contribution >= 4 is 33.7 Å². The van der Waals surface area contributed by atoms with Crippen LogP contribution in [0.3, 0.4) is 0 Å². The van der Waals surface area contributed by atoms with Crippen molar-refractivity contribution in [2.45, 2.75) is 26.7 Å². The van der Waals surface area contributed by atoms with Crippen LogP contribution >= 0.6 is 11.6 Å². The molecule has 0 atom stereocenters. The molecule has 0 aliphatic rings. The molecule has 2 aromatic heterocycles. The van der Waals surface area contributed by atoms with Crippen LogP contribution in [0.4, 0.5) is 0 Å². The van der Waals surface area contributed by atoms with Crippen molar-refractivity contribution in [3.63, 3.8) is 0 Å². The van der Waals surface area contributed by atoms with Crippen LogP contribution in [0.1, 0.15) is 24.7 Å². The summed E-state index contributed by atoms with van der Waals surface area (Å²) < 4.78 is 2.11. The number of H-pyrrole nitrogens is 1. The Morgan fingerprint density at radius 2 is 2.00 bits per heavy atom. The van der Waals surface area contributed by atoms with Crippen LogP contribution < -0.4 is 0 Å². The van der Waals surface area contributed by atoms with Crippen LogP contribution in [0.2, 0.25) is 5.02 Å². The second kappa shape index (κ2) is 5.64. The van der Waals surface area contributed by atoms with Gasteiger partial charge in [-0.05, 0) is 49.2 Å². The van der Waals surface area contributed by atoms with Crippen LogP contribution in [0.25, 0.3) is 33.5 Å². The number of hydrogen-bond donors (Lipinski definition) is 1. The van der Waals surface area contributed by atoms with Crippen molar-refractivity contribution in [3.8, 4) is 11.4 Å². The number of nitrogens with one attached hydrogen (secondary N) is 1. The Morgan fingerprint density at radius 1 is 1.17 bits per heavy atom. The molecule has 0 saturated carbocycles. The Morgan fingerprint density at radius 3 is 2.79 bits per heavy atom. The highest BCUT2D eigenvalue weighted by molar-refractivity contribution is 6.31. The predicted molar refractivity (Wildman–Crippen MR) is 99.5 cm³/mol. The molecule has 4 rings (SSSR count). The van der Waals surface area contributed by atoms with Crippen molar-refractivity contribution in [3.05, 3.63) is 46.7 Å². The predicted octanol–water partition coefficient (Wildman–Crippen LogP) is 5.03. The first kappa shape index (κ1) is 15.2. The molecule has 0 aliphatic carbocycles. The van der Waals surface area contributed by atoms with Gasteiger partial charge in [-0.3, -0.25) is 0 Å². The third kappa shape index (κ3) is 2.38. The summed E-state index contributed by atoms with van der Waals surface area (Å²) in [4.78, 5) is 12.9. The second-order valence-electron chi connectivity index (χ2n) is 6.25. The summed E-state index contributed by atoms with van der Waals surface area (Å²) in [5, 5.41) is 0.705. The van der Waals surface area contributed by atoms with Crippen molar-refractivity contribution in [2.75, 3.05) is 0 Å². The van der Waals surface area contributed by atoms with Crippen molar-refractivity contribution in [2.24, 2.45) is 7.05 Å². The standard InChI is InChI=1S/C19H19ClN4/c1-4-5-17-21-15-9-12(8-11(2)18(15)23-17)19-22-14-10-13(20)6-7-16(14)24(19)3/h6-10H,4-5H2,1-3H3,(H,21,23). The van der Waals surface area contributed by atoms with Gasteiger partial charge < -0.3 is 9.55 Å². The molecule has 24 heavy (non-hydrogen) atoms. The summed E-state index contributed by atoms with van der Waals surface area (Å²) >= 11 is 6.10. The molecule has 0 aliphatic heterocycles. The quantitative estimate of drug-likeness (QED) is 0.569. The number of aromatic nitrogens is 4. The minimum Gasteiger partial charge on any atom is -0.342 e. The molecule has 2 aromatic carbocycles. The average molecular weight is 339 g/mol. The number of rotatable bonds is 3. The van der Waals surface area contributed by atoms with Gasteiger partial charge in [-0.1, -0.05) is 18.5 Å². The van der Waals surface area contributed by atoms with Gasteiger partial charge in [0, 0.05) is 24.1 Å². The zero-order valence-electron chi connectivity index (χ0n) is 14.0. The number of imidazole rings is 2. The Kier molecular flexibility index (Phi) is 3.57. The zero-order chi connectivity index (χ0) is 16.8. The molecular formula is C19H19ClN4. The molecule has 5 heteroatoms. The normalized spacial score (nSPS) is 11.7. The van der Waals surface area contributed by atoms with Crippen LogP contribution in [0, 0.1) is 6.92 Å². The topological polar surface area (TPSA) is 46.5 Å². The molecule has 4 aromatic rings. The smallest absolute Gasteiger partial charge is 0.140 e. The van der Waals surface area contributed by atoms with Crippen molar-refractivity contribution in [1.29, 1.82) is 0 Å². The maximum absolute atomic E-state index is 6.10. The Hall–Kier alpha value is -2.33. The van der Waals surface area contributed by atoms with Crippen LogP contribution in [0.15, 0.2) is 30.3 Å². The third-order valence-corrected chi connectivity index (χ3v) is 4.65. The minimum atomic E-state index is 0.705. The van der Waals surface area contributed by atoms with Gasteiger partial charge in [-0.2, -0.15) is 0 Å². The summed E-state index contributed by atoms with van der Waals surface area (Å²) in [5.74, 6) is 1.98. The second-order valence-corrected chi connectivity index (χ2v) is 6.69. The molecule has 0 amide bonds. The number of fused-ring (bicyclic) bond motifs is 2. The lowest BCUT2D eigenvalue weighted by Crippen LogP contribution is -1.93. The average Bonchev–Trinajstić information content (AvgIpc) is 3.09. The molecule has 122 valence electrons. The molecule has 4 nitrogen and oxygen atoms in total. The van der Waals surface area contributed by atoms with Gasteiger partial charge in [-0.15, -0.1) is 0 Å². The van der Waals surface area contributed by atoms with Crippen LogP contribution in [-0.4, -0.2) is 19.5 Å². The van der Waals surface area contributed by atoms with Gasteiger partial charge in [-0.25, -0.2) is 9.97 Å². The van der Waals surface area contributed by atoms with E-state index >= 15 is 0 Å². The third-order valence-electron chi connectivity index (χ3n) is 4.41. The van der Waals surface area contributed by atoms with E-state index in [1.165, 1.54) is 0 Å². The van der Waals surface area contributed by atoms with Gasteiger partial charge >= 0.3 is 0 Å². The number of nitrogens with zero attached hydrogens (tertiary/aromatic N) is 3. The molecule has 2 heterocycles. The summed E-state index contributed by atoms with van der Waals surface area (Å²) in [5.41, 5.74) is 6.34. The summed E-state index contributed by atoms with van der Waals surface area (Å²) in [6, 6.07) is 10.1. The molecular weight excluding hydrogens is 320 g/mol. The number of benzene rings is 2. The first-order valence-electron chi connectivity index (χ1n) is 8.18. The fourth-order valence-corrected chi connectivity index (χ4v) is 3.42. The first-order valence-corrected chi connectivity index (χ1v) is 8.56. The highest BCUT2D eigenvalue weighted by atomic mass is 35.5. The van der Waals surface area contributed by atoms with Crippen molar-refractivity contribution < 1.29 is 0 Å². The van der Waals surface area contributed by atoms with Crippen LogP contribution in [-0.2, 0) is 13.5 Å². The maximum Gasteiger partial charge on any atom is 0.140 e. The first-order chi connectivity index (χ1) is 11.6. The molecule has 0 unspecified atom stereocenters. The summed E-state index contributed by atoms with van der Waals surface area (Å²) in [6.45, 7) is 4.26. The van der Waals surface area contributed by atoms with E-state index in [0.29, 0.717) is 5.02 Å². The SMILES string of the molecule is CCCc1nc2c(C)cc(-c3nc4cc(Cl)ccc4n3C)cc2[nH]1. The van der Waals surface area contributed by atoms with E-state index in [2.05, 4.69) is 35.5 Å². The Balaban J connectivity index is 1.91. The molecule has 1 N–H and O–H groups in total. The highest BCUT2D eigenvalue weighted by Gasteiger charge is 2.13. The van der Waals surface area contributed by atoms with Gasteiger partial charge in [0.1, 0.15) is 11.6 Å². The Bertz CT molecular complexity index is 1060. The van der Waals surface area contributed by atoms with Crippen molar-refractivity contribution in [1.82, 2.24) is 19.5 Å². The van der Waals surface area contributed by atoms with Gasteiger partial charge in [0.05, 0.1) is 22.1 Å². The molecule has 0 radical (unpaired) electrons. The monoisotopic (exact) mass is 338 g/mol. The lowest BCUT2D eigenvalue weighted by atomic mass is 10.1. The van der Waals surface area contributed by atoms with E-state index in [1.54, 1.807) is 0 Å². The van der Waals surface area contributed by atoms with Gasteiger partial charge in [0.2, 0.25) is 0 Å². The molecule has 0 fully saturated rings. The number of aryl methyl sites for hydroxylation is 3. The molecule has 0 spiro atoms. The molecule has 0 saturated heterocycles. The molecule has 0 bridgehead atoms. The minimum absolute atomic E-state index is 0.705. The van der Waals surface area contributed by atoms with E-state index in [1.807, 2.05) is 25.2 Å². The highest BCUT2D eigenvalue weighted by Crippen LogP contribution is 2.29.